The lowest BCUT2D eigenvalue weighted by atomic mass is 9.97. The first kappa shape index (κ1) is 22.2. The smallest absolute Gasteiger partial charge is 0.288 e. The zero-order valence-electron chi connectivity index (χ0n) is 18.3. The van der Waals surface area contributed by atoms with E-state index in [1.807, 2.05) is 49.4 Å². The summed E-state index contributed by atoms with van der Waals surface area (Å²) in [5, 5.41) is 7.49. The molecule has 1 fully saturated rings. The molecule has 1 N–H and O–H groups in total. The first-order valence-electron chi connectivity index (χ1n) is 10.7. The number of carbonyl (C=O) groups is 1. The third-order valence-corrected chi connectivity index (χ3v) is 5.81. The molecule has 0 radical (unpaired) electrons. The van der Waals surface area contributed by atoms with E-state index in [0.29, 0.717) is 36.2 Å². The maximum atomic E-state index is 12.7. The minimum absolute atomic E-state index is 0.00301. The van der Waals surface area contributed by atoms with Crippen molar-refractivity contribution < 1.29 is 13.9 Å². The summed E-state index contributed by atoms with van der Waals surface area (Å²) in [5.74, 6) is 1.86. The van der Waals surface area contributed by atoms with Crippen molar-refractivity contribution in [3.05, 3.63) is 64.5 Å². The first-order chi connectivity index (χ1) is 15.5. The Morgan fingerprint density at radius 2 is 2.09 bits per heavy atom. The van der Waals surface area contributed by atoms with Crippen LogP contribution in [-0.4, -0.2) is 45.8 Å². The van der Waals surface area contributed by atoms with E-state index in [0.717, 1.165) is 36.4 Å². The number of likely N-dealkylation sites (tertiary alicyclic amines) is 1. The largest absolute Gasteiger partial charge is 0.497 e. The fourth-order valence-electron chi connectivity index (χ4n) is 3.86. The second kappa shape index (κ2) is 10.1. The van der Waals surface area contributed by atoms with Crippen LogP contribution in [0.25, 0.3) is 0 Å². The van der Waals surface area contributed by atoms with Crippen molar-refractivity contribution in [2.24, 2.45) is 5.92 Å². The van der Waals surface area contributed by atoms with Gasteiger partial charge in [0.25, 0.3) is 4.84 Å². The van der Waals surface area contributed by atoms with Gasteiger partial charge in [0.05, 0.1) is 26.1 Å². The zero-order chi connectivity index (χ0) is 22.5. The molecule has 0 spiro atoms. The highest BCUT2D eigenvalue weighted by atomic mass is 32.1. The highest BCUT2D eigenvalue weighted by Gasteiger charge is 2.26. The van der Waals surface area contributed by atoms with E-state index in [4.69, 9.17) is 21.4 Å². The molecule has 0 bridgehead atoms. The number of nitrogens with one attached hydrogen (secondary N) is 1. The van der Waals surface area contributed by atoms with Gasteiger partial charge in [0.15, 0.2) is 0 Å². The number of methoxy groups -OCH3 is 1. The molecule has 9 heteroatoms. The molecule has 3 heterocycles. The molecule has 1 atom stereocenters. The Bertz CT molecular complexity index is 1130. The number of aryl methyl sites for hydroxylation is 1. The maximum Gasteiger partial charge on any atom is 0.288 e. The lowest BCUT2D eigenvalue weighted by Gasteiger charge is -2.31. The predicted molar refractivity (Wildman–Crippen MR) is 123 cm³/mol. The lowest BCUT2D eigenvalue weighted by Crippen LogP contribution is -2.41. The van der Waals surface area contributed by atoms with Crippen LogP contribution in [0.3, 0.4) is 0 Å². The number of carbonyl (C=O) groups excluding carboxylic acids is 1. The van der Waals surface area contributed by atoms with Gasteiger partial charge in [-0.25, -0.2) is 9.67 Å². The number of nitrogens with zero attached hydrogens (tertiary/aromatic N) is 4. The van der Waals surface area contributed by atoms with Gasteiger partial charge in [0, 0.05) is 12.2 Å². The summed E-state index contributed by atoms with van der Waals surface area (Å²) in [4.78, 5) is 19.6. The number of ether oxygens (including phenoxy) is 1. The van der Waals surface area contributed by atoms with Crippen molar-refractivity contribution in [2.75, 3.05) is 25.5 Å². The Morgan fingerprint density at radius 3 is 2.84 bits per heavy atom. The minimum atomic E-state index is -0.106. The Labute approximate surface area is 192 Å². The number of pyridine rings is 1. The average Bonchev–Trinajstić information content (AvgIpc) is 3.13. The number of benzene rings is 1. The van der Waals surface area contributed by atoms with E-state index in [1.165, 1.54) is 0 Å². The molecule has 0 saturated carbocycles. The third kappa shape index (κ3) is 5.60. The highest BCUT2D eigenvalue weighted by Crippen LogP contribution is 2.20. The zero-order valence-corrected chi connectivity index (χ0v) is 19.1. The summed E-state index contributed by atoms with van der Waals surface area (Å²) in [6.07, 6.45) is 2.33. The lowest BCUT2D eigenvalue weighted by molar-refractivity contribution is -0.121. The van der Waals surface area contributed by atoms with Gasteiger partial charge >= 0.3 is 0 Å². The molecule has 32 heavy (non-hydrogen) atoms. The van der Waals surface area contributed by atoms with E-state index >= 15 is 0 Å². The molecule has 3 aromatic rings. The molecule has 1 aliphatic rings. The first-order valence-corrected chi connectivity index (χ1v) is 11.1. The van der Waals surface area contributed by atoms with E-state index in [-0.39, 0.29) is 11.8 Å². The van der Waals surface area contributed by atoms with Crippen LogP contribution in [0.5, 0.6) is 5.75 Å². The van der Waals surface area contributed by atoms with E-state index in [9.17, 15) is 4.79 Å². The van der Waals surface area contributed by atoms with Crippen LogP contribution < -0.4 is 10.1 Å². The molecule has 1 aliphatic heterocycles. The van der Waals surface area contributed by atoms with Crippen LogP contribution in [0.2, 0.25) is 0 Å². The summed E-state index contributed by atoms with van der Waals surface area (Å²) in [5.41, 5.74) is 1.94. The normalized spacial score (nSPS) is 16.6. The van der Waals surface area contributed by atoms with Crippen LogP contribution in [0.1, 0.15) is 30.0 Å². The molecule has 1 amide bonds. The molecule has 168 valence electrons. The molecule has 0 unspecified atom stereocenters. The van der Waals surface area contributed by atoms with Crippen molar-refractivity contribution >= 4 is 23.9 Å². The van der Waals surface area contributed by atoms with Crippen LogP contribution in [0.15, 0.2) is 46.9 Å². The van der Waals surface area contributed by atoms with Gasteiger partial charge in [-0.05, 0) is 68.4 Å². The fraction of sp³-hybridized carbons (Fsp3) is 0.391. The predicted octanol–water partition coefficient (Wildman–Crippen LogP) is 3.82. The summed E-state index contributed by atoms with van der Waals surface area (Å²) < 4.78 is 12.6. The molecule has 0 aliphatic carbocycles. The number of aromatic nitrogens is 3. The van der Waals surface area contributed by atoms with Gasteiger partial charge in [-0.3, -0.25) is 9.69 Å². The van der Waals surface area contributed by atoms with E-state index < -0.39 is 0 Å². The summed E-state index contributed by atoms with van der Waals surface area (Å²) in [6.45, 7) is 3.93. The van der Waals surface area contributed by atoms with Crippen LogP contribution in [0.4, 0.5) is 5.82 Å². The number of amides is 1. The SMILES string of the molecule is COc1ccc(Cc2nn(CN3CCC[C@H](C(=O)Nc4cccc(C)n4)C3)c(=S)o2)cc1. The van der Waals surface area contributed by atoms with Gasteiger partial charge in [0.2, 0.25) is 11.8 Å². The molecule has 4 rings (SSSR count). The Balaban J connectivity index is 1.36. The third-order valence-electron chi connectivity index (χ3n) is 5.51. The molecular weight excluding hydrogens is 426 g/mol. The van der Waals surface area contributed by atoms with Gasteiger partial charge < -0.3 is 14.5 Å². The van der Waals surface area contributed by atoms with Gasteiger partial charge in [0.1, 0.15) is 11.6 Å². The summed E-state index contributed by atoms with van der Waals surface area (Å²) >= 11 is 5.38. The summed E-state index contributed by atoms with van der Waals surface area (Å²) in [6, 6.07) is 13.4. The standard InChI is InChI=1S/C23H27N5O3S/c1-16-5-3-7-20(24-16)25-22(29)18-6-4-12-27(14-18)15-28-23(32)31-21(26-28)13-17-8-10-19(30-2)11-9-17/h3,5,7-11,18H,4,6,12-15H2,1-2H3,(H,24,25,29)/t18-/m0/s1. The van der Waals surface area contributed by atoms with Crippen molar-refractivity contribution in [1.29, 1.82) is 0 Å². The quantitative estimate of drug-likeness (QED) is 0.545. The van der Waals surface area contributed by atoms with Crippen molar-refractivity contribution in [3.63, 3.8) is 0 Å². The van der Waals surface area contributed by atoms with E-state index in [2.05, 4.69) is 20.3 Å². The van der Waals surface area contributed by atoms with Gasteiger partial charge in [-0.1, -0.05) is 18.2 Å². The Kier molecular flexibility index (Phi) is 6.96. The Morgan fingerprint density at radius 1 is 1.28 bits per heavy atom. The molecular formula is C23H27N5O3S. The number of rotatable bonds is 7. The monoisotopic (exact) mass is 453 g/mol. The topological polar surface area (TPSA) is 85.4 Å². The van der Waals surface area contributed by atoms with Crippen molar-refractivity contribution in [3.8, 4) is 5.75 Å². The number of piperidine rings is 1. The van der Waals surface area contributed by atoms with Crippen LogP contribution in [0, 0.1) is 17.7 Å². The fourth-order valence-corrected chi connectivity index (χ4v) is 4.05. The molecule has 2 aromatic heterocycles. The molecule has 1 aromatic carbocycles. The number of hydrogen-bond acceptors (Lipinski definition) is 7. The summed E-state index contributed by atoms with van der Waals surface area (Å²) in [7, 11) is 1.64. The minimum Gasteiger partial charge on any atom is -0.497 e. The van der Waals surface area contributed by atoms with Crippen LogP contribution >= 0.6 is 12.2 Å². The van der Waals surface area contributed by atoms with Crippen LogP contribution in [-0.2, 0) is 17.9 Å². The maximum absolute atomic E-state index is 12.7. The highest BCUT2D eigenvalue weighted by molar-refractivity contribution is 7.71. The number of hydrogen-bond donors (Lipinski definition) is 1. The second-order valence-electron chi connectivity index (χ2n) is 8.00. The van der Waals surface area contributed by atoms with Gasteiger partial charge in [-0.2, -0.15) is 0 Å². The van der Waals surface area contributed by atoms with E-state index in [1.54, 1.807) is 11.8 Å². The molecule has 1 saturated heterocycles. The van der Waals surface area contributed by atoms with Crippen molar-refractivity contribution in [1.82, 2.24) is 19.7 Å². The van der Waals surface area contributed by atoms with Gasteiger partial charge in [-0.15, -0.1) is 5.10 Å². The average molecular weight is 454 g/mol. The Hall–Kier alpha value is -3.04. The number of anilines is 1. The van der Waals surface area contributed by atoms with Crippen molar-refractivity contribution in [2.45, 2.75) is 32.9 Å². The molecule has 8 nitrogen and oxygen atoms in total. The second-order valence-corrected chi connectivity index (χ2v) is 8.35.